The number of hydrogen-bond donors (Lipinski definition) is 3. The molecule has 0 spiro atoms. The molecule has 6 rings (SSSR count). The zero-order valence-electron chi connectivity index (χ0n) is 17.4. The zero-order valence-corrected chi connectivity index (χ0v) is 18.2. The molecule has 7 nitrogen and oxygen atoms in total. The monoisotopic (exact) mass is 433 g/mol. The van der Waals surface area contributed by atoms with E-state index >= 15 is 0 Å². The first-order valence-corrected chi connectivity index (χ1v) is 12.5. The van der Waals surface area contributed by atoms with Crippen molar-refractivity contribution in [1.29, 1.82) is 0 Å². The molecule has 1 heterocycles. The van der Waals surface area contributed by atoms with Gasteiger partial charge in [-0.1, -0.05) is 6.07 Å². The lowest BCUT2D eigenvalue weighted by Gasteiger charge is -2.58. The molecule has 1 aromatic rings. The van der Waals surface area contributed by atoms with Crippen molar-refractivity contribution in [3.63, 3.8) is 0 Å². The van der Waals surface area contributed by atoms with Crippen LogP contribution in [-0.2, 0) is 14.8 Å². The summed E-state index contributed by atoms with van der Waals surface area (Å²) in [6.07, 6.45) is 5.61. The van der Waals surface area contributed by atoms with E-state index in [2.05, 4.69) is 5.32 Å². The van der Waals surface area contributed by atoms with Crippen LogP contribution in [0.15, 0.2) is 29.2 Å². The number of benzene rings is 1. The Bertz CT molecular complexity index is 964. The number of anilines is 1. The van der Waals surface area contributed by atoms with Gasteiger partial charge in [0, 0.05) is 18.3 Å². The van der Waals surface area contributed by atoms with Crippen LogP contribution in [0.3, 0.4) is 0 Å². The van der Waals surface area contributed by atoms with E-state index in [-0.39, 0.29) is 28.7 Å². The molecule has 3 atom stereocenters. The summed E-state index contributed by atoms with van der Waals surface area (Å²) in [6.45, 7) is 2.06. The third kappa shape index (κ3) is 3.07. The van der Waals surface area contributed by atoms with Crippen molar-refractivity contribution >= 4 is 21.6 Å². The highest BCUT2D eigenvalue weighted by molar-refractivity contribution is 7.89. The smallest absolute Gasteiger partial charge is 0.244 e. The van der Waals surface area contributed by atoms with E-state index in [9.17, 15) is 18.3 Å². The molecule has 0 aromatic heterocycles. The van der Waals surface area contributed by atoms with E-state index in [0.29, 0.717) is 31.0 Å². The van der Waals surface area contributed by atoms with Gasteiger partial charge in [0.25, 0.3) is 0 Å². The fraction of sp³-hybridized carbons (Fsp3) is 0.682. The minimum Gasteiger partial charge on any atom is -0.399 e. The van der Waals surface area contributed by atoms with Gasteiger partial charge in [0.15, 0.2) is 0 Å². The molecule has 8 heteroatoms. The standard InChI is InChI=1S/C22H31N3O4S/c1-21(6-3-7-25(21)30(28,29)18-5-2-4-17(23)10-18)20(26)24-19-15-8-14-9-16(19)13-22(27,11-14)12-15/h2,4-5,10,14-16,19,27H,3,6-9,11-13,23H2,1H3,(H,24,26)/t14?,15?,16?,19?,21-,22?/m1/s1. The molecule has 164 valence electrons. The number of hydrogen-bond acceptors (Lipinski definition) is 5. The maximum atomic E-state index is 13.5. The first-order chi connectivity index (χ1) is 14.1. The maximum absolute atomic E-state index is 13.5. The predicted octanol–water partition coefficient (Wildman–Crippen LogP) is 1.87. The topological polar surface area (TPSA) is 113 Å². The Balaban J connectivity index is 1.38. The maximum Gasteiger partial charge on any atom is 0.244 e. The third-order valence-corrected chi connectivity index (χ3v) is 10.1. The summed E-state index contributed by atoms with van der Waals surface area (Å²) < 4.78 is 28.0. The van der Waals surface area contributed by atoms with Gasteiger partial charge < -0.3 is 16.2 Å². The van der Waals surface area contributed by atoms with Crippen LogP contribution in [0.4, 0.5) is 5.69 Å². The summed E-state index contributed by atoms with van der Waals surface area (Å²) in [4.78, 5) is 13.6. The van der Waals surface area contributed by atoms with Crippen molar-refractivity contribution in [2.45, 2.75) is 73.9 Å². The SMILES string of the molecule is C[C@]1(C(=O)NC2C3CC4CC2CC(O)(C4)C3)CCCN1S(=O)(=O)c1cccc(N)c1. The van der Waals surface area contributed by atoms with Crippen LogP contribution in [0, 0.1) is 17.8 Å². The number of nitrogens with zero attached hydrogens (tertiary/aromatic N) is 1. The first kappa shape index (κ1) is 20.3. The average molecular weight is 434 g/mol. The van der Waals surface area contributed by atoms with Gasteiger partial charge in [-0.3, -0.25) is 4.79 Å². The van der Waals surface area contributed by atoms with Crippen LogP contribution in [0.5, 0.6) is 0 Å². The Morgan fingerprint density at radius 3 is 2.57 bits per heavy atom. The van der Waals surface area contributed by atoms with Gasteiger partial charge in [0.1, 0.15) is 5.54 Å². The van der Waals surface area contributed by atoms with Crippen LogP contribution >= 0.6 is 0 Å². The second kappa shape index (κ2) is 6.68. The van der Waals surface area contributed by atoms with E-state index in [1.54, 1.807) is 19.1 Å². The van der Waals surface area contributed by atoms with Crippen molar-refractivity contribution in [3.8, 4) is 0 Å². The predicted molar refractivity (Wildman–Crippen MR) is 113 cm³/mol. The zero-order chi connectivity index (χ0) is 21.3. The molecule has 4 saturated carbocycles. The van der Waals surface area contributed by atoms with Crippen molar-refractivity contribution in [1.82, 2.24) is 9.62 Å². The number of carbonyl (C=O) groups is 1. The molecular weight excluding hydrogens is 402 g/mol. The van der Waals surface area contributed by atoms with Crippen molar-refractivity contribution in [3.05, 3.63) is 24.3 Å². The number of amides is 1. The number of nitrogens with two attached hydrogens (primary N) is 1. The van der Waals surface area contributed by atoms with Gasteiger partial charge in [0.05, 0.1) is 10.5 Å². The average Bonchev–Trinajstić information content (AvgIpc) is 3.07. The summed E-state index contributed by atoms with van der Waals surface area (Å²) in [7, 11) is -3.83. The quantitative estimate of drug-likeness (QED) is 0.628. The molecule has 4 aliphatic carbocycles. The molecule has 1 aromatic carbocycles. The number of nitrogens with one attached hydrogen (secondary N) is 1. The number of nitrogen functional groups attached to an aromatic ring is 1. The molecule has 0 radical (unpaired) electrons. The number of sulfonamides is 1. The minimum atomic E-state index is -3.83. The molecule has 1 aliphatic heterocycles. The van der Waals surface area contributed by atoms with E-state index in [1.165, 1.54) is 16.4 Å². The van der Waals surface area contributed by atoms with E-state index in [1.807, 2.05) is 0 Å². The highest BCUT2D eigenvalue weighted by Crippen LogP contribution is 2.55. The molecule has 4 bridgehead atoms. The second-order valence-corrected chi connectivity index (χ2v) is 12.1. The second-order valence-electron chi connectivity index (χ2n) is 10.2. The summed E-state index contributed by atoms with van der Waals surface area (Å²) in [5.41, 5.74) is 4.51. The first-order valence-electron chi connectivity index (χ1n) is 11.0. The third-order valence-electron chi connectivity index (χ3n) is 8.05. The molecular formula is C22H31N3O4S. The van der Waals surface area contributed by atoms with Crippen molar-refractivity contribution in [2.75, 3.05) is 12.3 Å². The fourth-order valence-electron chi connectivity index (χ4n) is 6.88. The van der Waals surface area contributed by atoms with Gasteiger partial charge in [-0.15, -0.1) is 0 Å². The van der Waals surface area contributed by atoms with E-state index in [4.69, 9.17) is 5.73 Å². The largest absolute Gasteiger partial charge is 0.399 e. The number of aliphatic hydroxyl groups is 1. The summed E-state index contributed by atoms with van der Waals surface area (Å²) in [5.74, 6) is 0.920. The van der Waals surface area contributed by atoms with Crippen LogP contribution in [-0.4, -0.2) is 47.5 Å². The Morgan fingerprint density at radius 2 is 1.93 bits per heavy atom. The number of rotatable bonds is 4. The van der Waals surface area contributed by atoms with Crippen molar-refractivity contribution < 1.29 is 18.3 Å². The normalized spacial score (nSPS) is 40.6. The summed E-state index contributed by atoms with van der Waals surface area (Å²) >= 11 is 0. The van der Waals surface area contributed by atoms with Gasteiger partial charge in [-0.05, 0) is 87.8 Å². The Hall–Kier alpha value is -1.64. The Labute approximate surface area is 178 Å². The number of carbonyl (C=O) groups excluding carboxylic acids is 1. The molecule has 5 aliphatic rings. The fourth-order valence-corrected chi connectivity index (χ4v) is 8.74. The van der Waals surface area contributed by atoms with Gasteiger partial charge >= 0.3 is 0 Å². The van der Waals surface area contributed by atoms with Gasteiger partial charge in [-0.25, -0.2) is 8.42 Å². The highest BCUT2D eigenvalue weighted by Gasteiger charge is 2.57. The molecule has 5 fully saturated rings. The highest BCUT2D eigenvalue weighted by atomic mass is 32.2. The lowest BCUT2D eigenvalue weighted by Crippen LogP contribution is -2.65. The summed E-state index contributed by atoms with van der Waals surface area (Å²) in [6, 6.07) is 6.28. The molecule has 1 saturated heterocycles. The Kier molecular flexibility index (Phi) is 4.51. The van der Waals surface area contributed by atoms with E-state index < -0.39 is 21.2 Å². The molecule has 2 unspecified atom stereocenters. The molecule has 30 heavy (non-hydrogen) atoms. The Morgan fingerprint density at radius 1 is 1.23 bits per heavy atom. The lowest BCUT2D eigenvalue weighted by atomic mass is 9.52. The molecule has 1 amide bonds. The lowest BCUT2D eigenvalue weighted by molar-refractivity contribution is -0.150. The van der Waals surface area contributed by atoms with Crippen molar-refractivity contribution in [2.24, 2.45) is 17.8 Å². The molecule has 4 N–H and O–H groups in total. The van der Waals surface area contributed by atoms with Crippen LogP contribution in [0.2, 0.25) is 0 Å². The van der Waals surface area contributed by atoms with Crippen LogP contribution < -0.4 is 11.1 Å². The van der Waals surface area contributed by atoms with Gasteiger partial charge in [0.2, 0.25) is 15.9 Å². The van der Waals surface area contributed by atoms with Gasteiger partial charge in [-0.2, -0.15) is 4.31 Å². The van der Waals surface area contributed by atoms with E-state index in [0.717, 1.165) is 32.1 Å². The summed E-state index contributed by atoms with van der Waals surface area (Å²) in [5, 5.41) is 14.0. The van der Waals surface area contributed by atoms with Crippen LogP contribution in [0.25, 0.3) is 0 Å². The van der Waals surface area contributed by atoms with Crippen LogP contribution in [0.1, 0.15) is 51.9 Å². The minimum absolute atomic E-state index is 0.0312.